The minimum Gasteiger partial charge on any atom is -0.480 e. The number of hydrogen-bond donors (Lipinski definition) is 3. The molecular weight excluding hydrogens is 246 g/mol. The molecule has 0 aliphatic rings. The number of rotatable bonds is 6. The number of nitrogens with one attached hydrogen (secondary N) is 2. The number of nitrogens with zero attached hydrogens (tertiary/aromatic N) is 1. The second kappa shape index (κ2) is 7.75. The summed E-state index contributed by atoms with van der Waals surface area (Å²) in [6, 6.07) is 8.98. The van der Waals surface area contributed by atoms with Gasteiger partial charge in [0.25, 0.3) is 0 Å². The smallest absolute Gasteiger partial charge is 0.333 e. The summed E-state index contributed by atoms with van der Waals surface area (Å²) in [4.78, 5) is 22.2. The molecule has 102 valence electrons. The standard InChI is InChI=1S/C13H17N3O3/c1-2-8-16(10-12(17)18)15-13(19)14-9-11-6-4-3-5-7-11/h2-8H,9-10H2,1H3,(H,17,18)(H2,14,15,19). The van der Waals surface area contributed by atoms with E-state index in [2.05, 4.69) is 10.7 Å². The van der Waals surface area contributed by atoms with Crippen LogP contribution in [-0.4, -0.2) is 28.7 Å². The number of hydrogen-bond acceptors (Lipinski definition) is 3. The molecule has 0 fully saturated rings. The Hall–Kier alpha value is -2.50. The third-order valence-corrected chi connectivity index (χ3v) is 2.18. The van der Waals surface area contributed by atoms with E-state index in [9.17, 15) is 9.59 Å². The maximum absolute atomic E-state index is 11.6. The van der Waals surface area contributed by atoms with Crippen molar-refractivity contribution in [3.05, 3.63) is 48.2 Å². The molecule has 2 amide bonds. The predicted molar refractivity (Wildman–Crippen MR) is 71.0 cm³/mol. The SMILES string of the molecule is CC=CN(CC(=O)O)NC(=O)NCc1ccccc1. The molecule has 6 heteroatoms. The van der Waals surface area contributed by atoms with Gasteiger partial charge in [0, 0.05) is 12.7 Å². The third kappa shape index (κ3) is 6.11. The summed E-state index contributed by atoms with van der Waals surface area (Å²) in [5, 5.41) is 12.5. The molecule has 19 heavy (non-hydrogen) atoms. The van der Waals surface area contributed by atoms with E-state index in [4.69, 9.17) is 5.11 Å². The normalized spacial score (nSPS) is 10.2. The van der Waals surface area contributed by atoms with Crippen LogP contribution in [0.1, 0.15) is 12.5 Å². The second-order valence-electron chi connectivity index (χ2n) is 3.78. The van der Waals surface area contributed by atoms with Crippen LogP contribution >= 0.6 is 0 Å². The van der Waals surface area contributed by atoms with Crippen molar-refractivity contribution in [2.24, 2.45) is 0 Å². The van der Waals surface area contributed by atoms with E-state index in [0.717, 1.165) is 5.56 Å². The lowest BCUT2D eigenvalue weighted by molar-refractivity contribution is -0.138. The van der Waals surface area contributed by atoms with E-state index >= 15 is 0 Å². The average molecular weight is 263 g/mol. The zero-order valence-corrected chi connectivity index (χ0v) is 10.7. The highest BCUT2D eigenvalue weighted by Crippen LogP contribution is 1.97. The molecule has 1 aromatic carbocycles. The van der Waals surface area contributed by atoms with Crippen LogP contribution in [0.15, 0.2) is 42.6 Å². The number of carboxylic acids is 1. The molecule has 0 saturated heterocycles. The molecule has 0 unspecified atom stereocenters. The summed E-state index contributed by atoms with van der Waals surface area (Å²) in [6.45, 7) is 1.81. The summed E-state index contributed by atoms with van der Waals surface area (Å²) in [5.41, 5.74) is 3.40. The average Bonchev–Trinajstić information content (AvgIpc) is 2.37. The summed E-state index contributed by atoms with van der Waals surface area (Å²) < 4.78 is 0. The number of carbonyl (C=O) groups excluding carboxylic acids is 1. The molecule has 0 spiro atoms. The highest BCUT2D eigenvalue weighted by molar-refractivity contribution is 5.74. The van der Waals surface area contributed by atoms with Crippen molar-refractivity contribution in [3.63, 3.8) is 0 Å². The van der Waals surface area contributed by atoms with Crippen LogP contribution in [0.3, 0.4) is 0 Å². The van der Waals surface area contributed by atoms with Crippen molar-refractivity contribution >= 4 is 12.0 Å². The van der Waals surface area contributed by atoms with Gasteiger partial charge in [0.2, 0.25) is 0 Å². The number of amides is 2. The van der Waals surface area contributed by atoms with Gasteiger partial charge in [-0.2, -0.15) is 0 Å². The summed E-state index contributed by atoms with van der Waals surface area (Å²) in [5.74, 6) is -1.03. The minimum absolute atomic E-state index is 0.302. The lowest BCUT2D eigenvalue weighted by Crippen LogP contribution is -2.46. The van der Waals surface area contributed by atoms with Crippen LogP contribution in [0.5, 0.6) is 0 Å². The van der Waals surface area contributed by atoms with Gasteiger partial charge >= 0.3 is 12.0 Å². The van der Waals surface area contributed by atoms with Crippen molar-refractivity contribution in [1.29, 1.82) is 0 Å². The number of carboxylic acid groups (broad SMARTS) is 1. The first-order chi connectivity index (χ1) is 9.11. The zero-order chi connectivity index (χ0) is 14.1. The number of urea groups is 1. The van der Waals surface area contributed by atoms with Crippen LogP contribution < -0.4 is 10.7 Å². The van der Waals surface area contributed by atoms with Gasteiger partial charge in [-0.1, -0.05) is 36.4 Å². The quantitative estimate of drug-likeness (QED) is 0.676. The van der Waals surface area contributed by atoms with E-state index in [1.807, 2.05) is 30.3 Å². The molecule has 0 saturated carbocycles. The molecule has 6 nitrogen and oxygen atoms in total. The zero-order valence-electron chi connectivity index (χ0n) is 10.7. The Bertz CT molecular complexity index is 446. The Morgan fingerprint density at radius 3 is 2.58 bits per heavy atom. The Morgan fingerprint density at radius 2 is 2.00 bits per heavy atom. The summed E-state index contributed by atoms with van der Waals surface area (Å²) in [6.07, 6.45) is 3.12. The fourth-order valence-electron chi connectivity index (χ4n) is 1.40. The monoisotopic (exact) mass is 263 g/mol. The van der Waals surface area contributed by atoms with Crippen LogP contribution in [-0.2, 0) is 11.3 Å². The van der Waals surface area contributed by atoms with Gasteiger partial charge in [-0.05, 0) is 12.5 Å². The lowest BCUT2D eigenvalue weighted by Gasteiger charge is -2.19. The second-order valence-corrected chi connectivity index (χ2v) is 3.78. The molecule has 0 aliphatic carbocycles. The molecule has 0 aromatic heterocycles. The number of hydrazine groups is 1. The van der Waals surface area contributed by atoms with Gasteiger partial charge in [0.1, 0.15) is 6.54 Å². The highest BCUT2D eigenvalue weighted by Gasteiger charge is 2.08. The number of carbonyl (C=O) groups is 2. The molecule has 0 heterocycles. The minimum atomic E-state index is -1.03. The van der Waals surface area contributed by atoms with Gasteiger partial charge in [-0.25, -0.2) is 10.2 Å². The van der Waals surface area contributed by atoms with Crippen LogP contribution in [0.25, 0.3) is 0 Å². The van der Waals surface area contributed by atoms with Gasteiger partial charge < -0.3 is 10.4 Å². The fourth-order valence-corrected chi connectivity index (χ4v) is 1.40. The summed E-state index contributed by atoms with van der Waals surface area (Å²) >= 11 is 0. The molecule has 0 atom stereocenters. The predicted octanol–water partition coefficient (Wildman–Crippen LogP) is 1.32. The Labute approximate surface area is 111 Å². The third-order valence-electron chi connectivity index (χ3n) is 2.18. The van der Waals surface area contributed by atoms with Crippen LogP contribution in [0.2, 0.25) is 0 Å². The Kier molecular flexibility index (Phi) is 5.94. The number of allylic oxidation sites excluding steroid dienone is 1. The maximum Gasteiger partial charge on any atom is 0.333 e. The van der Waals surface area contributed by atoms with E-state index in [1.54, 1.807) is 13.0 Å². The van der Waals surface area contributed by atoms with Gasteiger partial charge in [-0.3, -0.25) is 9.80 Å². The van der Waals surface area contributed by atoms with Crippen molar-refractivity contribution in [2.75, 3.05) is 6.54 Å². The van der Waals surface area contributed by atoms with Gasteiger partial charge in [0.05, 0.1) is 0 Å². The first kappa shape index (κ1) is 14.6. The Morgan fingerprint density at radius 1 is 1.32 bits per heavy atom. The molecule has 3 N–H and O–H groups in total. The number of benzene rings is 1. The van der Waals surface area contributed by atoms with E-state index in [0.29, 0.717) is 6.54 Å². The molecule has 1 rings (SSSR count). The summed E-state index contributed by atoms with van der Waals surface area (Å²) in [7, 11) is 0. The first-order valence-electron chi connectivity index (χ1n) is 5.81. The maximum atomic E-state index is 11.6. The van der Waals surface area contributed by atoms with Crippen molar-refractivity contribution in [1.82, 2.24) is 15.8 Å². The lowest BCUT2D eigenvalue weighted by atomic mass is 10.2. The van der Waals surface area contributed by atoms with E-state index < -0.39 is 12.0 Å². The Balaban J connectivity index is 2.42. The van der Waals surface area contributed by atoms with Crippen molar-refractivity contribution in [2.45, 2.75) is 13.5 Å². The molecular formula is C13H17N3O3. The van der Waals surface area contributed by atoms with E-state index in [1.165, 1.54) is 11.2 Å². The fraction of sp³-hybridized carbons (Fsp3) is 0.231. The van der Waals surface area contributed by atoms with Gasteiger partial charge in [-0.15, -0.1) is 0 Å². The van der Waals surface area contributed by atoms with Crippen molar-refractivity contribution < 1.29 is 14.7 Å². The topological polar surface area (TPSA) is 81.7 Å². The molecule has 0 aliphatic heterocycles. The van der Waals surface area contributed by atoms with Gasteiger partial charge in [0.15, 0.2) is 0 Å². The first-order valence-corrected chi connectivity index (χ1v) is 5.81. The molecule has 1 aromatic rings. The molecule has 0 bridgehead atoms. The van der Waals surface area contributed by atoms with Crippen LogP contribution in [0.4, 0.5) is 4.79 Å². The highest BCUT2D eigenvalue weighted by atomic mass is 16.4. The van der Waals surface area contributed by atoms with Crippen molar-refractivity contribution in [3.8, 4) is 0 Å². The molecule has 0 radical (unpaired) electrons. The largest absolute Gasteiger partial charge is 0.480 e. The number of aliphatic carboxylic acids is 1. The van der Waals surface area contributed by atoms with E-state index in [-0.39, 0.29) is 6.54 Å². The van der Waals surface area contributed by atoms with Crippen LogP contribution in [0, 0.1) is 0 Å².